The molecule has 3 fully saturated rings. The van der Waals surface area contributed by atoms with Crippen molar-refractivity contribution in [3.8, 4) is 0 Å². The molecular weight excluding hydrogens is 228 g/mol. The molecule has 0 aromatic carbocycles. The maximum Gasteiger partial charge on any atom is 0.139 e. The van der Waals surface area contributed by atoms with Crippen LogP contribution in [0.2, 0.25) is 0 Å². The van der Waals surface area contributed by atoms with Gasteiger partial charge in [-0.05, 0) is 30.3 Å². The third-order valence-corrected chi connectivity index (χ3v) is 5.57. The zero-order chi connectivity index (χ0) is 12.5. The molecule has 0 N–H and O–H groups in total. The standard InChI is InChI=1S/C15H18O3/c1-14-4-2-9-6-11-7-10(16)8-15(9,18-11)13(14)12(17)3-5-14/h6,11,13H,2-5,7-8H2,1H3/t11-,13+,14-,15-/m0/s1. The van der Waals surface area contributed by atoms with E-state index in [1.807, 2.05) is 0 Å². The summed E-state index contributed by atoms with van der Waals surface area (Å²) in [5.74, 6) is 0.513. The quantitative estimate of drug-likeness (QED) is 0.615. The zero-order valence-corrected chi connectivity index (χ0v) is 10.7. The highest BCUT2D eigenvalue weighted by atomic mass is 16.5. The summed E-state index contributed by atoms with van der Waals surface area (Å²) in [5.41, 5.74) is 0.762. The van der Waals surface area contributed by atoms with E-state index in [9.17, 15) is 9.59 Å². The predicted molar refractivity (Wildman–Crippen MR) is 65.0 cm³/mol. The molecule has 0 radical (unpaired) electrons. The maximum atomic E-state index is 12.3. The van der Waals surface area contributed by atoms with Gasteiger partial charge in [0.25, 0.3) is 0 Å². The van der Waals surface area contributed by atoms with Crippen LogP contribution in [0.1, 0.15) is 45.4 Å². The summed E-state index contributed by atoms with van der Waals surface area (Å²) < 4.78 is 6.17. The van der Waals surface area contributed by atoms with Crippen LogP contribution >= 0.6 is 0 Å². The van der Waals surface area contributed by atoms with Gasteiger partial charge >= 0.3 is 0 Å². The minimum absolute atomic E-state index is 0.0565. The van der Waals surface area contributed by atoms with E-state index in [0.29, 0.717) is 25.0 Å². The molecule has 0 amide bonds. The van der Waals surface area contributed by atoms with E-state index in [4.69, 9.17) is 4.74 Å². The highest BCUT2D eigenvalue weighted by Crippen LogP contribution is 2.61. The predicted octanol–water partition coefficient (Wildman–Crippen LogP) is 2.19. The van der Waals surface area contributed by atoms with Gasteiger partial charge in [0.05, 0.1) is 12.0 Å². The monoisotopic (exact) mass is 246 g/mol. The zero-order valence-electron chi connectivity index (χ0n) is 10.7. The lowest BCUT2D eigenvalue weighted by atomic mass is 9.59. The second kappa shape index (κ2) is 3.13. The number of rotatable bonds is 0. The van der Waals surface area contributed by atoms with Crippen LogP contribution in [0, 0.1) is 11.3 Å². The Hall–Kier alpha value is -0.960. The van der Waals surface area contributed by atoms with Crippen molar-refractivity contribution >= 4 is 11.6 Å². The number of Topliss-reactive ketones (excluding diaryl/α,β-unsaturated/α-hetero) is 2. The van der Waals surface area contributed by atoms with Crippen molar-refractivity contribution in [2.24, 2.45) is 11.3 Å². The first-order valence-electron chi connectivity index (χ1n) is 6.97. The average Bonchev–Trinajstić information content (AvgIpc) is 2.73. The van der Waals surface area contributed by atoms with Crippen molar-refractivity contribution in [2.75, 3.05) is 0 Å². The van der Waals surface area contributed by atoms with Crippen molar-refractivity contribution in [1.82, 2.24) is 0 Å². The number of hydrogen-bond acceptors (Lipinski definition) is 3. The Bertz CT molecular complexity index is 492. The molecule has 4 aliphatic rings. The van der Waals surface area contributed by atoms with E-state index >= 15 is 0 Å². The first kappa shape index (κ1) is 10.9. The third kappa shape index (κ3) is 1.14. The van der Waals surface area contributed by atoms with E-state index in [1.165, 1.54) is 5.57 Å². The van der Waals surface area contributed by atoms with E-state index in [1.54, 1.807) is 0 Å². The van der Waals surface area contributed by atoms with Crippen molar-refractivity contribution in [2.45, 2.75) is 57.2 Å². The number of fused-ring (bicyclic) bond motifs is 2. The number of ketones is 2. The van der Waals surface area contributed by atoms with Crippen molar-refractivity contribution < 1.29 is 14.3 Å². The van der Waals surface area contributed by atoms with Crippen LogP contribution in [0.25, 0.3) is 0 Å². The first-order valence-corrected chi connectivity index (χ1v) is 6.97. The van der Waals surface area contributed by atoms with Gasteiger partial charge in [-0.2, -0.15) is 0 Å². The first-order chi connectivity index (χ1) is 8.53. The number of ether oxygens (including phenoxy) is 1. The lowest BCUT2D eigenvalue weighted by Crippen LogP contribution is -2.55. The van der Waals surface area contributed by atoms with Gasteiger partial charge in [0.15, 0.2) is 0 Å². The second-order valence-corrected chi connectivity index (χ2v) is 6.71. The van der Waals surface area contributed by atoms with Crippen molar-refractivity contribution in [3.05, 3.63) is 11.6 Å². The normalized spacial score (nSPS) is 49.9. The Morgan fingerprint density at radius 3 is 2.89 bits per heavy atom. The lowest BCUT2D eigenvalue weighted by molar-refractivity contribution is -0.162. The summed E-state index contributed by atoms with van der Waals surface area (Å²) in [5, 5.41) is 0. The largest absolute Gasteiger partial charge is 0.362 e. The van der Waals surface area contributed by atoms with Crippen LogP contribution in [-0.2, 0) is 14.3 Å². The average molecular weight is 246 g/mol. The fraction of sp³-hybridized carbons (Fsp3) is 0.733. The van der Waals surface area contributed by atoms with Crippen LogP contribution in [0.3, 0.4) is 0 Å². The molecule has 18 heavy (non-hydrogen) atoms. The maximum absolute atomic E-state index is 12.3. The Kier molecular flexibility index (Phi) is 1.90. The smallest absolute Gasteiger partial charge is 0.139 e. The SMILES string of the molecule is C[C@]12CCC(=O)[C@H]1[C@]13CC(=O)C[C@H](C=C1CC2)O3. The number of hydrogen-bond donors (Lipinski definition) is 0. The highest BCUT2D eigenvalue weighted by Gasteiger charge is 2.64. The molecule has 0 unspecified atom stereocenters. The topological polar surface area (TPSA) is 43.4 Å². The van der Waals surface area contributed by atoms with Gasteiger partial charge in [-0.15, -0.1) is 0 Å². The fourth-order valence-corrected chi connectivity index (χ4v) is 4.84. The fourth-order valence-electron chi connectivity index (χ4n) is 4.84. The molecule has 3 heteroatoms. The molecule has 2 heterocycles. The van der Waals surface area contributed by atoms with E-state index in [-0.39, 0.29) is 23.2 Å². The third-order valence-electron chi connectivity index (χ3n) is 5.57. The van der Waals surface area contributed by atoms with Gasteiger partial charge in [-0.25, -0.2) is 0 Å². The summed E-state index contributed by atoms with van der Waals surface area (Å²) in [7, 11) is 0. The summed E-state index contributed by atoms with van der Waals surface area (Å²) in [4.78, 5) is 24.3. The summed E-state index contributed by atoms with van der Waals surface area (Å²) >= 11 is 0. The van der Waals surface area contributed by atoms with Crippen LogP contribution in [-0.4, -0.2) is 23.3 Å². The molecule has 0 aromatic rings. The Balaban J connectivity index is 1.86. The number of carbonyl (C=O) groups is 2. The second-order valence-electron chi connectivity index (χ2n) is 6.71. The van der Waals surface area contributed by atoms with Crippen molar-refractivity contribution in [3.63, 3.8) is 0 Å². The van der Waals surface area contributed by atoms with Crippen LogP contribution in [0.4, 0.5) is 0 Å². The van der Waals surface area contributed by atoms with E-state index in [2.05, 4.69) is 13.0 Å². The van der Waals surface area contributed by atoms with Crippen LogP contribution in [0.5, 0.6) is 0 Å². The Morgan fingerprint density at radius 1 is 1.28 bits per heavy atom. The summed E-state index contributed by atoms with van der Waals surface area (Å²) in [6.45, 7) is 2.21. The minimum Gasteiger partial charge on any atom is -0.362 e. The molecule has 3 nitrogen and oxygen atoms in total. The molecule has 2 aliphatic carbocycles. The highest BCUT2D eigenvalue weighted by molar-refractivity contribution is 5.90. The van der Waals surface area contributed by atoms with E-state index in [0.717, 1.165) is 19.3 Å². The summed E-state index contributed by atoms with van der Waals surface area (Å²) in [6.07, 6.45) is 6.72. The molecule has 1 spiro atoms. The molecule has 2 saturated carbocycles. The molecule has 1 saturated heterocycles. The Labute approximate surface area is 107 Å². The molecule has 4 atom stereocenters. The van der Waals surface area contributed by atoms with Crippen LogP contribution < -0.4 is 0 Å². The van der Waals surface area contributed by atoms with Gasteiger partial charge < -0.3 is 4.74 Å². The lowest BCUT2D eigenvalue weighted by Gasteiger charge is -2.50. The van der Waals surface area contributed by atoms with Crippen LogP contribution in [0.15, 0.2) is 11.6 Å². The molecule has 2 bridgehead atoms. The van der Waals surface area contributed by atoms with Gasteiger partial charge in [-0.1, -0.05) is 13.0 Å². The number of carbonyl (C=O) groups excluding carboxylic acids is 2. The van der Waals surface area contributed by atoms with E-state index < -0.39 is 5.60 Å². The van der Waals surface area contributed by atoms with Gasteiger partial charge in [0.1, 0.15) is 17.2 Å². The summed E-state index contributed by atoms with van der Waals surface area (Å²) in [6, 6.07) is 0. The Morgan fingerprint density at radius 2 is 2.06 bits per heavy atom. The van der Waals surface area contributed by atoms with Gasteiger partial charge in [-0.3, -0.25) is 9.59 Å². The molecular formula is C15H18O3. The molecule has 0 aromatic heterocycles. The molecule has 96 valence electrons. The molecule has 2 aliphatic heterocycles. The molecule has 4 rings (SSSR count). The minimum atomic E-state index is -0.541. The van der Waals surface area contributed by atoms with Gasteiger partial charge in [0.2, 0.25) is 0 Å². The van der Waals surface area contributed by atoms with Gasteiger partial charge in [0, 0.05) is 19.3 Å². The van der Waals surface area contributed by atoms with Crippen molar-refractivity contribution in [1.29, 1.82) is 0 Å².